The maximum absolute atomic E-state index is 9.43. The molecule has 0 rings (SSSR count). The molecule has 0 aromatic rings. The van der Waals surface area contributed by atoms with Gasteiger partial charge in [0.2, 0.25) is 0 Å². The van der Waals surface area contributed by atoms with Crippen LogP contribution in [-0.2, 0) is 9.59 Å². The fourth-order valence-electron chi connectivity index (χ4n) is 0.429. The second kappa shape index (κ2) is 13.9. The zero-order valence-corrected chi connectivity index (χ0v) is 14.7. The van der Waals surface area contributed by atoms with Gasteiger partial charge in [-0.25, -0.2) is 0 Å². The molecule has 0 heterocycles. The molecule has 0 aromatic carbocycles. The van der Waals surface area contributed by atoms with E-state index in [9.17, 15) is 9.59 Å². The zero-order valence-electron chi connectivity index (χ0n) is 12.7. The number of carboxylic acid groups (broad SMARTS) is 2. The molecule has 0 aromatic heterocycles. The van der Waals surface area contributed by atoms with Crippen LogP contribution in [0.4, 0.5) is 0 Å². The van der Waals surface area contributed by atoms with Gasteiger partial charge in [-0.2, -0.15) is 0 Å². The molecule has 0 aliphatic rings. The van der Waals surface area contributed by atoms with Crippen LogP contribution in [0.3, 0.4) is 0 Å². The number of carboxylic acids is 2. The van der Waals surface area contributed by atoms with Gasteiger partial charge < -0.3 is 22.7 Å². The first-order valence-corrected chi connectivity index (χ1v) is 4.04. The Morgan fingerprint density at radius 1 is 1.06 bits per heavy atom. The Morgan fingerprint density at radius 2 is 1.38 bits per heavy atom. The molecule has 0 saturated carbocycles. The van der Waals surface area contributed by atoms with Crippen LogP contribution in [0.2, 0.25) is 0 Å². The molecule has 0 aliphatic carbocycles. The van der Waals surface area contributed by atoms with Crippen LogP contribution < -0.4 is 59.1 Å². The minimum atomic E-state index is -1.31. The van der Waals surface area contributed by atoms with Gasteiger partial charge in [-0.3, -0.25) is 9.59 Å². The molecule has 16 heavy (non-hydrogen) atoms. The summed E-state index contributed by atoms with van der Waals surface area (Å²) in [5.41, 5.74) is 0. The average Bonchev–Trinajstić information content (AvgIpc) is 1.80. The minimum absolute atomic E-state index is 0. The van der Waals surface area contributed by atoms with Crippen molar-refractivity contribution in [2.24, 2.45) is 0 Å². The van der Waals surface area contributed by atoms with E-state index in [4.69, 9.17) is 15.3 Å². The molecule has 0 saturated heterocycles. The van der Waals surface area contributed by atoms with E-state index in [1.54, 1.807) is 0 Å². The number of hydrogen-bond donors (Lipinski definition) is 3. The molecule has 0 radical (unpaired) electrons. The van der Waals surface area contributed by atoms with Gasteiger partial charge in [-0.05, 0) is 0 Å². The fraction of sp³-hybridized carbons (Fsp3) is 0.750. The summed E-state index contributed by atoms with van der Waals surface area (Å²) in [5, 5.41) is 23.8. The van der Waals surface area contributed by atoms with Crippen LogP contribution in [0.25, 0.3) is 0 Å². The Balaban J connectivity index is -0.0000000327. The SMILES string of the molecule is C[N+](C)(C)CCO.O=C(O)CC(=O)O.[H-].[H-].[Na+].[Na+]. The molecule has 6 nitrogen and oxygen atoms in total. The van der Waals surface area contributed by atoms with Gasteiger partial charge in [-0.1, -0.05) is 0 Å². The predicted octanol–water partition coefficient (Wildman–Crippen LogP) is -6.54. The molecule has 3 N–H and O–H groups in total. The number of likely N-dealkylation sites (N-methyl/N-ethyl adjacent to an activating group) is 1. The molecular weight excluding hydrogens is 236 g/mol. The Hall–Kier alpha value is 0.860. The molecule has 0 bridgehead atoms. The molecule has 0 aliphatic heterocycles. The average molecular weight is 256 g/mol. The van der Waals surface area contributed by atoms with Crippen molar-refractivity contribution in [2.75, 3.05) is 34.3 Å². The minimum Gasteiger partial charge on any atom is -1.00 e. The van der Waals surface area contributed by atoms with Crippen LogP contribution in [0.1, 0.15) is 9.27 Å². The summed E-state index contributed by atoms with van der Waals surface area (Å²) < 4.78 is 0.844. The number of carbonyl (C=O) groups is 2. The van der Waals surface area contributed by atoms with E-state index < -0.39 is 18.4 Å². The van der Waals surface area contributed by atoms with Crippen LogP contribution in [0.5, 0.6) is 0 Å². The number of hydrogen-bond acceptors (Lipinski definition) is 3. The normalized spacial score (nSPS) is 8.75. The van der Waals surface area contributed by atoms with E-state index in [2.05, 4.69) is 21.1 Å². The Labute approximate surface area is 143 Å². The molecule has 8 heteroatoms. The monoisotopic (exact) mass is 256 g/mol. The third-order valence-corrected chi connectivity index (χ3v) is 1.07. The van der Waals surface area contributed by atoms with Crippen LogP contribution in [0.15, 0.2) is 0 Å². The van der Waals surface area contributed by atoms with Gasteiger partial charge in [0.05, 0.1) is 27.7 Å². The van der Waals surface area contributed by atoms with Gasteiger partial charge in [0.1, 0.15) is 13.0 Å². The molecule has 0 fully saturated rings. The van der Waals surface area contributed by atoms with Crippen molar-refractivity contribution in [1.82, 2.24) is 0 Å². The third kappa shape index (κ3) is 36.4. The van der Waals surface area contributed by atoms with Gasteiger partial charge in [0.15, 0.2) is 0 Å². The first-order valence-electron chi connectivity index (χ1n) is 4.04. The summed E-state index contributed by atoms with van der Waals surface area (Å²) in [6, 6.07) is 0. The van der Waals surface area contributed by atoms with Crippen molar-refractivity contribution in [2.45, 2.75) is 6.42 Å². The number of aliphatic carboxylic acids is 2. The van der Waals surface area contributed by atoms with Crippen molar-refractivity contribution < 1.29 is 91.4 Å². The maximum atomic E-state index is 9.43. The molecule has 88 valence electrons. The molecule has 0 atom stereocenters. The number of nitrogens with zero attached hydrogens (tertiary/aromatic N) is 1. The first kappa shape index (κ1) is 25.6. The summed E-state index contributed by atoms with van der Waals surface area (Å²) in [6.07, 6.45) is -0.806. The molecule has 0 unspecified atom stereocenters. The third-order valence-electron chi connectivity index (χ3n) is 1.07. The summed E-state index contributed by atoms with van der Waals surface area (Å²) in [6.45, 7) is 1.11. The van der Waals surface area contributed by atoms with E-state index in [1.807, 2.05) is 0 Å². The summed E-state index contributed by atoms with van der Waals surface area (Å²) >= 11 is 0. The van der Waals surface area contributed by atoms with Crippen LogP contribution in [-0.4, -0.2) is 66.0 Å². The van der Waals surface area contributed by atoms with Crippen molar-refractivity contribution >= 4 is 11.9 Å². The second-order valence-electron chi connectivity index (χ2n) is 3.70. The van der Waals surface area contributed by atoms with E-state index in [1.165, 1.54) is 0 Å². The molecular formula is C8H20NNa2O5+. The predicted molar refractivity (Wildman–Crippen MR) is 52.1 cm³/mol. The van der Waals surface area contributed by atoms with Crippen molar-refractivity contribution in [3.05, 3.63) is 0 Å². The summed E-state index contributed by atoms with van der Waals surface area (Å²) in [5.74, 6) is -2.62. The Kier molecular flexibility index (Phi) is 22.3. The number of rotatable bonds is 4. The number of aliphatic hydroxyl groups is 1. The van der Waals surface area contributed by atoms with Gasteiger partial charge in [0, 0.05) is 0 Å². The molecule has 0 spiro atoms. The van der Waals surface area contributed by atoms with Crippen molar-refractivity contribution in [3.8, 4) is 0 Å². The van der Waals surface area contributed by atoms with Crippen LogP contribution >= 0.6 is 0 Å². The van der Waals surface area contributed by atoms with E-state index >= 15 is 0 Å². The summed E-state index contributed by atoms with van der Waals surface area (Å²) in [4.78, 5) is 18.9. The number of quaternary nitrogens is 1. The van der Waals surface area contributed by atoms with Crippen LogP contribution in [0, 0.1) is 0 Å². The van der Waals surface area contributed by atoms with E-state index in [0.717, 1.165) is 11.0 Å². The maximum Gasteiger partial charge on any atom is 1.00 e. The quantitative estimate of drug-likeness (QED) is 0.264. The Morgan fingerprint density at radius 3 is 1.38 bits per heavy atom. The largest absolute Gasteiger partial charge is 1.00 e. The van der Waals surface area contributed by atoms with Crippen molar-refractivity contribution in [1.29, 1.82) is 0 Å². The van der Waals surface area contributed by atoms with Gasteiger partial charge >= 0.3 is 71.1 Å². The first-order chi connectivity index (χ1) is 6.19. The smallest absolute Gasteiger partial charge is 1.00 e. The fourth-order valence-corrected chi connectivity index (χ4v) is 0.429. The topological polar surface area (TPSA) is 94.8 Å². The number of aliphatic hydroxyl groups excluding tert-OH is 1. The molecule has 0 amide bonds. The second-order valence-corrected chi connectivity index (χ2v) is 3.70. The van der Waals surface area contributed by atoms with Crippen molar-refractivity contribution in [3.63, 3.8) is 0 Å². The zero-order chi connectivity index (χ0) is 11.8. The van der Waals surface area contributed by atoms with Gasteiger partial charge in [-0.15, -0.1) is 0 Å². The standard InChI is InChI=1S/C5H14NO.C3H4O4.2Na.2H/c1-6(2,3)4-5-7;4-2(5)1-3(6)7;;;;/h7H,4-5H2,1-3H3;1H2,(H,4,5)(H,6,7);;;;/q+1;;2*+1;2*-1. The van der Waals surface area contributed by atoms with E-state index in [0.29, 0.717) is 0 Å². The van der Waals surface area contributed by atoms with E-state index in [-0.39, 0.29) is 68.6 Å². The summed E-state index contributed by atoms with van der Waals surface area (Å²) in [7, 11) is 6.16. The Bertz CT molecular complexity index is 190. The van der Waals surface area contributed by atoms with Gasteiger partial charge in [0.25, 0.3) is 0 Å².